The maximum Gasteiger partial charge on any atom is 0.134 e. The van der Waals surface area contributed by atoms with Crippen LogP contribution in [0.15, 0.2) is 36.4 Å². The van der Waals surface area contributed by atoms with Crippen molar-refractivity contribution in [2.45, 2.75) is 6.42 Å². The van der Waals surface area contributed by atoms with Gasteiger partial charge in [0, 0.05) is 28.9 Å². The summed E-state index contributed by atoms with van der Waals surface area (Å²) in [6.07, 6.45) is 0.669. The summed E-state index contributed by atoms with van der Waals surface area (Å²) >= 11 is 12.4. The Labute approximate surface area is 132 Å². The molecule has 3 nitrogen and oxygen atoms in total. The van der Waals surface area contributed by atoms with Crippen molar-refractivity contribution in [3.8, 4) is 0 Å². The van der Waals surface area contributed by atoms with Gasteiger partial charge in [-0.2, -0.15) is 0 Å². The second-order valence-electron chi connectivity index (χ2n) is 4.79. The molecule has 2 N–H and O–H groups in total. The topological polar surface area (TPSA) is 45.1 Å². The van der Waals surface area contributed by atoms with Crippen LogP contribution >= 0.6 is 23.2 Å². The zero-order valence-electron chi connectivity index (χ0n) is 11.2. The van der Waals surface area contributed by atoms with Crippen LogP contribution < -0.4 is 5.32 Å². The number of aliphatic hydroxyl groups excluding tert-OH is 1. The summed E-state index contributed by atoms with van der Waals surface area (Å²) in [7, 11) is 0. The Balaban J connectivity index is 2.26. The molecule has 0 radical (unpaired) electrons. The molecule has 0 saturated heterocycles. The van der Waals surface area contributed by atoms with Gasteiger partial charge in [0.1, 0.15) is 5.82 Å². The Kier molecular flexibility index (Phi) is 4.15. The molecule has 21 heavy (non-hydrogen) atoms. The van der Waals surface area contributed by atoms with E-state index in [1.807, 2.05) is 30.3 Å². The average molecular weight is 321 g/mol. The summed E-state index contributed by atoms with van der Waals surface area (Å²) in [5.74, 6) is 0.774. The van der Waals surface area contributed by atoms with Crippen LogP contribution in [0.1, 0.15) is 6.42 Å². The maximum atomic E-state index is 8.91. The number of hydrogen-bond acceptors (Lipinski definition) is 3. The van der Waals surface area contributed by atoms with Crippen LogP contribution in [0.25, 0.3) is 21.7 Å². The molecule has 5 heteroatoms. The van der Waals surface area contributed by atoms with Gasteiger partial charge in [-0.05, 0) is 23.9 Å². The van der Waals surface area contributed by atoms with Gasteiger partial charge in [0.15, 0.2) is 0 Å². The van der Waals surface area contributed by atoms with Gasteiger partial charge in [0.25, 0.3) is 0 Å². The number of nitrogens with zero attached hydrogens (tertiary/aromatic N) is 1. The molecular weight excluding hydrogens is 307 g/mol. The fraction of sp³-hybridized carbons (Fsp3) is 0.188. The number of anilines is 1. The van der Waals surface area contributed by atoms with Gasteiger partial charge in [0.2, 0.25) is 0 Å². The molecule has 1 heterocycles. The Morgan fingerprint density at radius 1 is 1.05 bits per heavy atom. The third-order valence-electron chi connectivity index (χ3n) is 3.35. The first-order chi connectivity index (χ1) is 10.2. The number of pyridine rings is 1. The maximum absolute atomic E-state index is 8.91. The van der Waals surface area contributed by atoms with Gasteiger partial charge in [-0.15, -0.1) is 0 Å². The second-order valence-corrected chi connectivity index (χ2v) is 5.64. The summed E-state index contributed by atoms with van der Waals surface area (Å²) in [5.41, 5.74) is 0.728. The minimum Gasteiger partial charge on any atom is -0.396 e. The zero-order valence-corrected chi connectivity index (χ0v) is 12.7. The highest BCUT2D eigenvalue weighted by molar-refractivity contribution is 6.39. The third-order valence-corrected chi connectivity index (χ3v) is 3.86. The molecule has 3 rings (SSSR count). The fourth-order valence-corrected chi connectivity index (χ4v) is 2.94. The van der Waals surface area contributed by atoms with Crippen LogP contribution in [0.2, 0.25) is 10.0 Å². The molecule has 0 bridgehead atoms. The fourth-order valence-electron chi connectivity index (χ4n) is 2.40. The van der Waals surface area contributed by atoms with Gasteiger partial charge in [-0.1, -0.05) is 47.5 Å². The van der Waals surface area contributed by atoms with Crippen molar-refractivity contribution in [3.05, 3.63) is 46.4 Å². The predicted octanol–water partition coefficient (Wildman–Crippen LogP) is 4.49. The second kappa shape index (κ2) is 6.06. The third kappa shape index (κ3) is 2.77. The minimum absolute atomic E-state index is 0.148. The number of fused-ring (bicyclic) bond motifs is 3. The van der Waals surface area contributed by atoms with Crippen LogP contribution in [0, 0.1) is 0 Å². The standard InChI is InChI=1S/C16H14Cl2N2O/c17-10-8-13-11-4-1-2-5-12(11)16(19-6-3-7-21)20-15(13)14(18)9-10/h1-2,4-5,8-9,21H,3,6-7H2,(H,19,20). The number of aliphatic hydroxyl groups is 1. The zero-order chi connectivity index (χ0) is 14.8. The number of hydrogen-bond donors (Lipinski definition) is 2. The van der Waals surface area contributed by atoms with E-state index in [0.717, 1.165) is 27.5 Å². The first-order valence-electron chi connectivity index (χ1n) is 6.73. The van der Waals surface area contributed by atoms with Crippen molar-refractivity contribution < 1.29 is 5.11 Å². The summed E-state index contributed by atoms with van der Waals surface area (Å²) < 4.78 is 0. The van der Waals surface area contributed by atoms with Crippen molar-refractivity contribution in [1.82, 2.24) is 4.98 Å². The van der Waals surface area contributed by atoms with E-state index in [2.05, 4.69) is 10.3 Å². The van der Waals surface area contributed by atoms with E-state index in [-0.39, 0.29) is 6.61 Å². The molecule has 0 aliphatic carbocycles. The Bertz CT molecular complexity index is 805. The summed E-state index contributed by atoms with van der Waals surface area (Å²) in [6.45, 7) is 0.805. The molecule has 1 aromatic heterocycles. The Hall–Kier alpha value is -1.55. The number of benzene rings is 2. The number of nitrogens with one attached hydrogen (secondary N) is 1. The van der Waals surface area contributed by atoms with Gasteiger partial charge < -0.3 is 10.4 Å². The van der Waals surface area contributed by atoms with E-state index in [1.165, 1.54) is 0 Å². The molecule has 0 amide bonds. The number of aromatic nitrogens is 1. The van der Waals surface area contributed by atoms with E-state index in [1.54, 1.807) is 6.07 Å². The van der Waals surface area contributed by atoms with E-state index in [4.69, 9.17) is 28.3 Å². The van der Waals surface area contributed by atoms with Gasteiger partial charge in [0.05, 0.1) is 10.5 Å². The van der Waals surface area contributed by atoms with Crippen molar-refractivity contribution in [2.75, 3.05) is 18.5 Å². The highest BCUT2D eigenvalue weighted by atomic mass is 35.5. The highest BCUT2D eigenvalue weighted by Crippen LogP contribution is 2.34. The van der Waals surface area contributed by atoms with Crippen LogP contribution in [0.4, 0.5) is 5.82 Å². The van der Waals surface area contributed by atoms with Gasteiger partial charge in [-0.25, -0.2) is 4.98 Å². The lowest BCUT2D eigenvalue weighted by Crippen LogP contribution is -2.06. The van der Waals surface area contributed by atoms with Crippen LogP contribution in [0.5, 0.6) is 0 Å². The van der Waals surface area contributed by atoms with E-state index >= 15 is 0 Å². The summed E-state index contributed by atoms with van der Waals surface area (Å²) in [5, 5.41) is 16.3. The SMILES string of the molecule is OCCCNc1nc2c(Cl)cc(Cl)cc2c2ccccc12. The summed E-state index contributed by atoms with van der Waals surface area (Å²) in [6, 6.07) is 11.6. The molecule has 2 aromatic carbocycles. The Morgan fingerprint density at radius 3 is 2.57 bits per heavy atom. The predicted molar refractivity (Wildman–Crippen MR) is 89.5 cm³/mol. The van der Waals surface area contributed by atoms with Crippen molar-refractivity contribution in [2.24, 2.45) is 0 Å². The molecule has 0 unspecified atom stereocenters. The van der Waals surface area contributed by atoms with E-state index in [0.29, 0.717) is 23.0 Å². The first-order valence-corrected chi connectivity index (χ1v) is 7.48. The van der Waals surface area contributed by atoms with Crippen LogP contribution in [-0.4, -0.2) is 23.2 Å². The van der Waals surface area contributed by atoms with Crippen molar-refractivity contribution >= 4 is 50.7 Å². The molecular formula is C16H14Cl2N2O. The summed E-state index contributed by atoms with van der Waals surface area (Å²) in [4.78, 5) is 4.63. The monoisotopic (exact) mass is 320 g/mol. The lowest BCUT2D eigenvalue weighted by Gasteiger charge is -2.12. The molecule has 108 valence electrons. The van der Waals surface area contributed by atoms with Crippen molar-refractivity contribution in [3.63, 3.8) is 0 Å². The molecule has 0 saturated carbocycles. The quantitative estimate of drug-likeness (QED) is 0.550. The Morgan fingerprint density at radius 2 is 1.81 bits per heavy atom. The van der Waals surface area contributed by atoms with Crippen LogP contribution in [0.3, 0.4) is 0 Å². The van der Waals surface area contributed by atoms with Gasteiger partial charge >= 0.3 is 0 Å². The molecule has 0 atom stereocenters. The lowest BCUT2D eigenvalue weighted by molar-refractivity contribution is 0.292. The average Bonchev–Trinajstić information content (AvgIpc) is 2.48. The molecule has 3 aromatic rings. The highest BCUT2D eigenvalue weighted by Gasteiger charge is 2.11. The minimum atomic E-state index is 0.148. The smallest absolute Gasteiger partial charge is 0.134 e. The first kappa shape index (κ1) is 14.4. The lowest BCUT2D eigenvalue weighted by atomic mass is 10.1. The van der Waals surface area contributed by atoms with E-state index in [9.17, 15) is 0 Å². The molecule has 0 aliphatic rings. The molecule has 0 aliphatic heterocycles. The number of halogens is 2. The number of rotatable bonds is 4. The van der Waals surface area contributed by atoms with Gasteiger partial charge in [-0.3, -0.25) is 0 Å². The van der Waals surface area contributed by atoms with E-state index < -0.39 is 0 Å². The molecule has 0 spiro atoms. The van der Waals surface area contributed by atoms with Crippen molar-refractivity contribution in [1.29, 1.82) is 0 Å². The van der Waals surface area contributed by atoms with Crippen LogP contribution in [-0.2, 0) is 0 Å². The molecule has 0 fully saturated rings. The normalized spacial score (nSPS) is 11.2. The largest absolute Gasteiger partial charge is 0.396 e.